The maximum absolute atomic E-state index is 12.5. The second-order valence-electron chi connectivity index (χ2n) is 6.48. The van der Waals surface area contributed by atoms with Gasteiger partial charge in [-0.1, -0.05) is 29.3 Å². The lowest BCUT2D eigenvalue weighted by Gasteiger charge is -2.36. The highest BCUT2D eigenvalue weighted by atomic mass is 35.5. The van der Waals surface area contributed by atoms with Crippen LogP contribution in [-0.4, -0.2) is 47.8 Å². The van der Waals surface area contributed by atoms with Crippen LogP contribution >= 0.6 is 23.2 Å². The Morgan fingerprint density at radius 2 is 2.00 bits per heavy atom. The van der Waals surface area contributed by atoms with Gasteiger partial charge in [-0.2, -0.15) is 0 Å². The minimum Gasteiger partial charge on any atom is -0.462 e. The van der Waals surface area contributed by atoms with E-state index in [1.54, 1.807) is 18.2 Å². The first-order chi connectivity index (χ1) is 11.0. The predicted molar refractivity (Wildman–Crippen MR) is 90.0 cm³/mol. The smallest absolute Gasteiger partial charge is 0.316 e. The van der Waals surface area contributed by atoms with E-state index in [9.17, 15) is 9.90 Å². The molecule has 2 aliphatic heterocycles. The number of aliphatic hydroxyl groups excluding tert-OH is 1. The van der Waals surface area contributed by atoms with Crippen LogP contribution in [0.15, 0.2) is 18.2 Å². The van der Waals surface area contributed by atoms with Gasteiger partial charge in [-0.25, -0.2) is 0 Å². The number of nitrogens with zero attached hydrogens (tertiary/aromatic N) is 1. The third kappa shape index (κ3) is 3.50. The number of hydrogen-bond acceptors (Lipinski definition) is 4. The van der Waals surface area contributed by atoms with Crippen molar-refractivity contribution in [1.82, 2.24) is 4.90 Å². The van der Waals surface area contributed by atoms with Crippen LogP contribution in [0, 0.1) is 0 Å². The van der Waals surface area contributed by atoms with Crippen LogP contribution in [0.4, 0.5) is 0 Å². The lowest BCUT2D eigenvalue weighted by molar-refractivity contribution is -0.155. The minimum absolute atomic E-state index is 0.0728. The largest absolute Gasteiger partial charge is 0.462 e. The Bertz CT molecular complexity index is 581. The normalized spacial score (nSPS) is 28.6. The first-order valence-corrected chi connectivity index (χ1v) is 8.73. The van der Waals surface area contributed by atoms with Crippen molar-refractivity contribution in [3.63, 3.8) is 0 Å². The van der Waals surface area contributed by atoms with Crippen LogP contribution in [0.2, 0.25) is 10.0 Å². The summed E-state index contributed by atoms with van der Waals surface area (Å²) in [4.78, 5) is 14.9. The molecular weight excluding hydrogens is 337 g/mol. The highest BCUT2D eigenvalue weighted by Gasteiger charge is 2.40. The van der Waals surface area contributed by atoms with Gasteiger partial charge in [-0.05, 0) is 50.4 Å². The summed E-state index contributed by atoms with van der Waals surface area (Å²) in [5, 5.41) is 10.5. The lowest BCUT2D eigenvalue weighted by atomic mass is 9.98. The summed E-state index contributed by atoms with van der Waals surface area (Å²) in [5.74, 6) is -1.18. The van der Waals surface area contributed by atoms with Crippen molar-refractivity contribution in [3.8, 4) is 0 Å². The van der Waals surface area contributed by atoms with Crippen LogP contribution < -0.4 is 0 Å². The Labute approximate surface area is 146 Å². The molecule has 3 rings (SSSR count). The van der Waals surface area contributed by atoms with Crippen molar-refractivity contribution >= 4 is 29.2 Å². The zero-order valence-corrected chi connectivity index (χ0v) is 14.6. The molecular formula is C17H21Cl2NO3. The van der Waals surface area contributed by atoms with Gasteiger partial charge in [0.1, 0.15) is 12.0 Å². The molecule has 0 aromatic heterocycles. The summed E-state index contributed by atoms with van der Waals surface area (Å²) in [5.41, 5.74) is 0.555. The highest BCUT2D eigenvalue weighted by molar-refractivity contribution is 6.35. The molecule has 0 aliphatic carbocycles. The fourth-order valence-corrected chi connectivity index (χ4v) is 4.33. The number of esters is 1. The Morgan fingerprint density at radius 1 is 1.35 bits per heavy atom. The Hall–Kier alpha value is -0.810. The predicted octanol–water partition coefficient (Wildman–Crippen LogP) is 3.24. The third-order valence-electron chi connectivity index (χ3n) is 5.14. The van der Waals surface area contributed by atoms with Crippen LogP contribution in [-0.2, 0) is 9.53 Å². The standard InChI is InChI=1S/C17H21Cl2NO3/c1-20-11-3-4-12(20)8-13(7-11)23-17(22)15(9-21)14-5-2-10(18)6-16(14)19/h2,5-6,11-13,15,21H,3-4,7-9H2,1H3/t11-,12+,13?,15?. The second-order valence-corrected chi connectivity index (χ2v) is 7.33. The van der Waals surface area contributed by atoms with E-state index >= 15 is 0 Å². The number of aliphatic hydroxyl groups is 1. The first-order valence-electron chi connectivity index (χ1n) is 7.97. The van der Waals surface area contributed by atoms with Crippen molar-refractivity contribution in [1.29, 1.82) is 0 Å². The van der Waals surface area contributed by atoms with E-state index < -0.39 is 11.9 Å². The molecule has 0 amide bonds. The van der Waals surface area contributed by atoms with E-state index in [0.29, 0.717) is 27.7 Å². The number of piperidine rings is 1. The molecule has 6 heteroatoms. The van der Waals surface area contributed by atoms with Crippen molar-refractivity contribution in [2.24, 2.45) is 0 Å². The average Bonchev–Trinajstić information content (AvgIpc) is 2.72. The van der Waals surface area contributed by atoms with E-state index in [4.69, 9.17) is 27.9 Å². The Morgan fingerprint density at radius 3 is 2.57 bits per heavy atom. The molecule has 1 N–H and O–H groups in total. The third-order valence-corrected chi connectivity index (χ3v) is 5.71. The van der Waals surface area contributed by atoms with E-state index in [1.165, 1.54) is 12.8 Å². The molecule has 2 saturated heterocycles. The summed E-state index contributed by atoms with van der Waals surface area (Å²) in [6.07, 6.45) is 4.00. The number of carbonyl (C=O) groups is 1. The van der Waals surface area contributed by atoms with Gasteiger partial charge in [0.15, 0.2) is 0 Å². The molecule has 23 heavy (non-hydrogen) atoms. The molecule has 2 bridgehead atoms. The van der Waals surface area contributed by atoms with E-state index in [0.717, 1.165) is 12.8 Å². The SMILES string of the molecule is CN1[C@@H]2CC[C@H]1CC(OC(=O)C(CO)c1ccc(Cl)cc1Cl)C2. The van der Waals surface area contributed by atoms with Crippen LogP contribution in [0.5, 0.6) is 0 Å². The number of fused-ring (bicyclic) bond motifs is 2. The summed E-state index contributed by atoms with van der Waals surface area (Å²) in [6.45, 7) is -0.334. The number of benzene rings is 1. The zero-order chi connectivity index (χ0) is 16.6. The second kappa shape index (κ2) is 6.98. The van der Waals surface area contributed by atoms with Gasteiger partial charge in [0, 0.05) is 22.1 Å². The van der Waals surface area contributed by atoms with E-state index in [1.807, 2.05) is 0 Å². The Kier molecular flexibility index (Phi) is 5.16. The maximum Gasteiger partial charge on any atom is 0.316 e. The molecule has 1 aromatic rings. The van der Waals surface area contributed by atoms with Gasteiger partial charge in [0.05, 0.1) is 6.61 Å². The van der Waals surface area contributed by atoms with Crippen LogP contribution in [0.1, 0.15) is 37.2 Å². The molecule has 2 unspecified atom stereocenters. The minimum atomic E-state index is -0.767. The fraction of sp³-hybridized carbons (Fsp3) is 0.588. The number of halogens is 2. The average molecular weight is 358 g/mol. The fourth-order valence-electron chi connectivity index (χ4n) is 3.79. The molecule has 2 fully saturated rings. The van der Waals surface area contributed by atoms with Gasteiger partial charge in [-0.15, -0.1) is 0 Å². The summed E-state index contributed by atoms with van der Waals surface area (Å²) in [6, 6.07) is 5.90. The molecule has 0 radical (unpaired) electrons. The van der Waals surface area contributed by atoms with Gasteiger partial charge < -0.3 is 14.7 Å². The lowest BCUT2D eigenvalue weighted by Crippen LogP contribution is -2.43. The van der Waals surface area contributed by atoms with Crippen molar-refractivity contribution in [3.05, 3.63) is 33.8 Å². The quantitative estimate of drug-likeness (QED) is 0.840. The zero-order valence-electron chi connectivity index (χ0n) is 13.0. The Balaban J connectivity index is 1.69. The molecule has 0 spiro atoms. The number of hydrogen-bond donors (Lipinski definition) is 1. The molecule has 2 heterocycles. The van der Waals surface area contributed by atoms with Gasteiger partial charge in [-0.3, -0.25) is 4.79 Å². The van der Waals surface area contributed by atoms with Crippen molar-refractivity contribution in [2.75, 3.05) is 13.7 Å². The number of carbonyl (C=O) groups excluding carboxylic acids is 1. The highest BCUT2D eigenvalue weighted by Crippen LogP contribution is 2.36. The summed E-state index contributed by atoms with van der Waals surface area (Å²) in [7, 11) is 2.14. The van der Waals surface area contributed by atoms with E-state index in [2.05, 4.69) is 11.9 Å². The molecule has 126 valence electrons. The summed E-state index contributed by atoms with van der Waals surface area (Å²) >= 11 is 12.0. The maximum atomic E-state index is 12.5. The van der Waals surface area contributed by atoms with E-state index in [-0.39, 0.29) is 12.7 Å². The van der Waals surface area contributed by atoms with Crippen molar-refractivity contribution in [2.45, 2.75) is 49.8 Å². The molecule has 4 atom stereocenters. The molecule has 4 nitrogen and oxygen atoms in total. The van der Waals surface area contributed by atoms with Crippen molar-refractivity contribution < 1.29 is 14.6 Å². The van der Waals surface area contributed by atoms with Gasteiger partial charge in [0.2, 0.25) is 0 Å². The number of ether oxygens (including phenoxy) is 1. The van der Waals surface area contributed by atoms with Gasteiger partial charge >= 0.3 is 5.97 Å². The molecule has 2 aliphatic rings. The molecule has 0 saturated carbocycles. The molecule has 1 aromatic carbocycles. The topological polar surface area (TPSA) is 49.8 Å². The summed E-state index contributed by atoms with van der Waals surface area (Å²) < 4.78 is 5.70. The van der Waals surface area contributed by atoms with Crippen LogP contribution in [0.3, 0.4) is 0 Å². The monoisotopic (exact) mass is 357 g/mol. The van der Waals surface area contributed by atoms with Crippen LogP contribution in [0.25, 0.3) is 0 Å². The number of rotatable bonds is 4. The first kappa shape index (κ1) is 17.0. The van der Waals surface area contributed by atoms with Gasteiger partial charge in [0.25, 0.3) is 0 Å².